The van der Waals surface area contributed by atoms with E-state index in [-0.39, 0.29) is 18.3 Å². The quantitative estimate of drug-likeness (QED) is 0.707. The molecule has 3 heteroatoms. The van der Waals surface area contributed by atoms with Crippen LogP contribution in [0.2, 0.25) is 0 Å². The van der Waals surface area contributed by atoms with E-state index >= 15 is 0 Å². The first-order valence-corrected chi connectivity index (χ1v) is 5.15. The van der Waals surface area contributed by atoms with E-state index in [0.29, 0.717) is 6.61 Å². The lowest BCUT2D eigenvalue weighted by Gasteiger charge is -2.19. The second-order valence-corrected chi connectivity index (χ2v) is 3.65. The van der Waals surface area contributed by atoms with Crippen molar-refractivity contribution in [2.45, 2.75) is 51.4 Å². The lowest BCUT2D eigenvalue weighted by Crippen LogP contribution is -2.28. The summed E-state index contributed by atoms with van der Waals surface area (Å²) in [7, 11) is 0. The molecule has 1 aliphatic heterocycles. The Bertz CT molecular complexity index is 132. The van der Waals surface area contributed by atoms with E-state index in [1.54, 1.807) is 0 Å². The lowest BCUT2D eigenvalue weighted by atomic mass is 10.2. The van der Waals surface area contributed by atoms with Crippen LogP contribution in [-0.2, 0) is 9.47 Å². The molecule has 1 rings (SSSR count). The number of ether oxygens (including phenoxy) is 2. The normalized spacial score (nSPS) is 27.5. The largest absolute Gasteiger partial charge is 0.390 e. The molecule has 1 saturated heterocycles. The lowest BCUT2D eigenvalue weighted by molar-refractivity contribution is -0.0629. The van der Waals surface area contributed by atoms with E-state index in [1.165, 1.54) is 0 Å². The van der Waals surface area contributed by atoms with Gasteiger partial charge in [-0.1, -0.05) is 6.92 Å². The standard InChI is InChI=1S/C10H20O3/c1-3-10(11)8(2)13-7-9-5-4-6-12-9/h8-11H,3-7H2,1-2H3. The van der Waals surface area contributed by atoms with E-state index in [0.717, 1.165) is 25.9 Å². The summed E-state index contributed by atoms with van der Waals surface area (Å²) in [6, 6.07) is 0. The third kappa shape index (κ3) is 3.63. The average molecular weight is 188 g/mol. The summed E-state index contributed by atoms with van der Waals surface area (Å²) >= 11 is 0. The van der Waals surface area contributed by atoms with Gasteiger partial charge in [-0.3, -0.25) is 0 Å². The molecular weight excluding hydrogens is 168 g/mol. The summed E-state index contributed by atoms with van der Waals surface area (Å²) in [5, 5.41) is 9.43. The Labute approximate surface area is 80.0 Å². The number of hydrogen-bond donors (Lipinski definition) is 1. The molecule has 0 bridgehead atoms. The van der Waals surface area contributed by atoms with Gasteiger partial charge in [0.15, 0.2) is 0 Å². The maximum Gasteiger partial charge on any atom is 0.0809 e. The van der Waals surface area contributed by atoms with E-state index in [4.69, 9.17) is 9.47 Å². The molecule has 0 saturated carbocycles. The molecule has 3 unspecified atom stereocenters. The smallest absolute Gasteiger partial charge is 0.0809 e. The first-order valence-electron chi connectivity index (χ1n) is 5.15. The predicted molar refractivity (Wildman–Crippen MR) is 50.7 cm³/mol. The van der Waals surface area contributed by atoms with Crippen LogP contribution in [0.5, 0.6) is 0 Å². The third-order valence-corrected chi connectivity index (χ3v) is 2.53. The minimum atomic E-state index is -0.346. The molecule has 13 heavy (non-hydrogen) atoms. The highest BCUT2D eigenvalue weighted by molar-refractivity contribution is 4.67. The molecule has 1 N–H and O–H groups in total. The monoisotopic (exact) mass is 188 g/mol. The highest BCUT2D eigenvalue weighted by atomic mass is 16.5. The average Bonchev–Trinajstić information content (AvgIpc) is 2.65. The van der Waals surface area contributed by atoms with E-state index in [1.807, 2.05) is 13.8 Å². The zero-order chi connectivity index (χ0) is 9.68. The van der Waals surface area contributed by atoms with Gasteiger partial charge in [0.1, 0.15) is 0 Å². The molecule has 0 aliphatic carbocycles. The van der Waals surface area contributed by atoms with Gasteiger partial charge in [0.2, 0.25) is 0 Å². The van der Waals surface area contributed by atoms with Crippen LogP contribution < -0.4 is 0 Å². The minimum Gasteiger partial charge on any atom is -0.390 e. The summed E-state index contributed by atoms with van der Waals surface area (Å²) in [6.07, 6.45) is 2.81. The third-order valence-electron chi connectivity index (χ3n) is 2.53. The molecule has 0 aromatic rings. The minimum absolute atomic E-state index is 0.0748. The molecule has 1 aliphatic rings. The number of hydrogen-bond acceptors (Lipinski definition) is 3. The highest BCUT2D eigenvalue weighted by Gasteiger charge is 2.19. The van der Waals surface area contributed by atoms with E-state index < -0.39 is 0 Å². The molecule has 3 nitrogen and oxygen atoms in total. The zero-order valence-corrected chi connectivity index (χ0v) is 8.53. The van der Waals surface area contributed by atoms with Gasteiger partial charge in [-0.15, -0.1) is 0 Å². The maximum absolute atomic E-state index is 9.43. The van der Waals surface area contributed by atoms with Crippen molar-refractivity contribution in [3.8, 4) is 0 Å². The van der Waals surface area contributed by atoms with E-state index in [9.17, 15) is 5.11 Å². The summed E-state index contributed by atoms with van der Waals surface area (Å²) in [5.41, 5.74) is 0. The van der Waals surface area contributed by atoms with Crippen molar-refractivity contribution >= 4 is 0 Å². The van der Waals surface area contributed by atoms with Gasteiger partial charge < -0.3 is 14.6 Å². The van der Waals surface area contributed by atoms with Crippen molar-refractivity contribution < 1.29 is 14.6 Å². The van der Waals surface area contributed by atoms with Crippen molar-refractivity contribution in [1.29, 1.82) is 0 Å². The molecule has 0 aromatic heterocycles. The second kappa shape index (κ2) is 5.58. The fourth-order valence-electron chi connectivity index (χ4n) is 1.48. The summed E-state index contributed by atoms with van der Waals surface area (Å²) in [5.74, 6) is 0. The van der Waals surface area contributed by atoms with Crippen molar-refractivity contribution in [2.24, 2.45) is 0 Å². The first-order chi connectivity index (χ1) is 6.24. The van der Waals surface area contributed by atoms with Crippen LogP contribution >= 0.6 is 0 Å². The Morgan fingerprint density at radius 1 is 1.62 bits per heavy atom. The van der Waals surface area contributed by atoms with Crippen LogP contribution in [0.15, 0.2) is 0 Å². The van der Waals surface area contributed by atoms with Crippen LogP contribution in [0, 0.1) is 0 Å². The zero-order valence-electron chi connectivity index (χ0n) is 8.53. The molecule has 0 aromatic carbocycles. The Morgan fingerprint density at radius 2 is 2.38 bits per heavy atom. The van der Waals surface area contributed by atoms with Crippen molar-refractivity contribution in [1.82, 2.24) is 0 Å². The van der Waals surface area contributed by atoms with Crippen molar-refractivity contribution in [3.05, 3.63) is 0 Å². The fourth-order valence-corrected chi connectivity index (χ4v) is 1.48. The molecule has 1 fully saturated rings. The van der Waals surface area contributed by atoms with Gasteiger partial charge in [-0.25, -0.2) is 0 Å². The van der Waals surface area contributed by atoms with Gasteiger partial charge in [0, 0.05) is 6.61 Å². The first kappa shape index (κ1) is 11.0. The molecule has 78 valence electrons. The van der Waals surface area contributed by atoms with Crippen LogP contribution in [0.3, 0.4) is 0 Å². The molecule has 1 heterocycles. The Balaban J connectivity index is 2.10. The highest BCUT2D eigenvalue weighted by Crippen LogP contribution is 2.13. The number of rotatable bonds is 5. The second-order valence-electron chi connectivity index (χ2n) is 3.65. The van der Waals surface area contributed by atoms with E-state index in [2.05, 4.69) is 0 Å². The van der Waals surface area contributed by atoms with Crippen molar-refractivity contribution in [3.63, 3.8) is 0 Å². The van der Waals surface area contributed by atoms with Gasteiger partial charge in [0.25, 0.3) is 0 Å². The van der Waals surface area contributed by atoms with Crippen molar-refractivity contribution in [2.75, 3.05) is 13.2 Å². The Kier molecular flexibility index (Phi) is 4.70. The molecule has 3 atom stereocenters. The van der Waals surface area contributed by atoms with Crippen LogP contribution in [0.25, 0.3) is 0 Å². The molecule has 0 amide bonds. The summed E-state index contributed by atoms with van der Waals surface area (Å²) < 4.78 is 10.9. The van der Waals surface area contributed by atoms with Gasteiger partial charge in [-0.05, 0) is 26.2 Å². The SMILES string of the molecule is CCC(O)C(C)OCC1CCCO1. The van der Waals surface area contributed by atoms with Gasteiger partial charge in [-0.2, -0.15) is 0 Å². The number of aliphatic hydroxyl groups is 1. The molecule has 0 spiro atoms. The summed E-state index contributed by atoms with van der Waals surface area (Å²) in [6.45, 7) is 5.34. The maximum atomic E-state index is 9.43. The number of aliphatic hydroxyl groups excluding tert-OH is 1. The van der Waals surface area contributed by atoms with Gasteiger partial charge >= 0.3 is 0 Å². The molecule has 0 radical (unpaired) electrons. The summed E-state index contributed by atoms with van der Waals surface area (Å²) in [4.78, 5) is 0. The van der Waals surface area contributed by atoms with Crippen LogP contribution in [-0.4, -0.2) is 36.6 Å². The fraction of sp³-hybridized carbons (Fsp3) is 1.00. The Morgan fingerprint density at radius 3 is 2.92 bits per heavy atom. The predicted octanol–water partition coefficient (Wildman–Crippen LogP) is 1.34. The van der Waals surface area contributed by atoms with Crippen LogP contribution in [0.4, 0.5) is 0 Å². The molecular formula is C10H20O3. The van der Waals surface area contributed by atoms with Gasteiger partial charge in [0.05, 0.1) is 24.9 Å². The Hall–Kier alpha value is -0.120. The van der Waals surface area contributed by atoms with Crippen LogP contribution in [0.1, 0.15) is 33.1 Å². The topological polar surface area (TPSA) is 38.7 Å².